The zero-order valence-corrected chi connectivity index (χ0v) is 10.6. The largest absolute Gasteiger partial charge is 0.465 e. The molecule has 18 heavy (non-hydrogen) atoms. The molecule has 0 aliphatic rings. The maximum Gasteiger partial charge on any atom is 0.341 e. The molecule has 0 bridgehead atoms. The van der Waals surface area contributed by atoms with Crippen LogP contribution in [0.3, 0.4) is 0 Å². The lowest BCUT2D eigenvalue weighted by Gasteiger charge is -2.02. The highest BCUT2D eigenvalue weighted by Crippen LogP contribution is 2.12. The van der Waals surface area contributed by atoms with Crippen LogP contribution in [0.15, 0.2) is 18.3 Å². The van der Waals surface area contributed by atoms with E-state index in [0.717, 1.165) is 6.26 Å². The van der Waals surface area contributed by atoms with Crippen LogP contribution in [0.4, 0.5) is 0 Å². The van der Waals surface area contributed by atoms with Crippen molar-refractivity contribution in [3.63, 3.8) is 0 Å². The highest BCUT2D eigenvalue weighted by Gasteiger charge is 2.17. The van der Waals surface area contributed by atoms with Gasteiger partial charge in [-0.3, -0.25) is 4.40 Å². The van der Waals surface area contributed by atoms with Crippen molar-refractivity contribution in [1.29, 1.82) is 0 Å². The van der Waals surface area contributed by atoms with Gasteiger partial charge in [-0.25, -0.2) is 13.2 Å². The standard InChI is InChI=1S/C10H11N3O4S/c1-17-10(14)7-4-3-5-13-8(6-18(2,15)16)11-12-9(7)13/h3-5H,6H2,1-2H3. The summed E-state index contributed by atoms with van der Waals surface area (Å²) < 4.78 is 28.6. The van der Waals surface area contributed by atoms with Crippen LogP contribution >= 0.6 is 0 Å². The molecule has 2 heterocycles. The van der Waals surface area contributed by atoms with Crippen molar-refractivity contribution < 1.29 is 17.9 Å². The van der Waals surface area contributed by atoms with E-state index in [0.29, 0.717) is 0 Å². The average molecular weight is 269 g/mol. The number of carbonyl (C=O) groups excluding carboxylic acids is 1. The summed E-state index contributed by atoms with van der Waals surface area (Å²) in [6.07, 6.45) is 2.71. The third kappa shape index (κ3) is 2.33. The number of esters is 1. The zero-order chi connectivity index (χ0) is 13.3. The highest BCUT2D eigenvalue weighted by molar-refractivity contribution is 7.89. The number of carbonyl (C=O) groups is 1. The van der Waals surface area contributed by atoms with Crippen LogP contribution in [0.2, 0.25) is 0 Å². The van der Waals surface area contributed by atoms with E-state index in [1.807, 2.05) is 0 Å². The van der Waals surface area contributed by atoms with E-state index < -0.39 is 15.8 Å². The molecule has 2 aromatic heterocycles. The summed E-state index contributed by atoms with van der Waals surface area (Å²) in [4.78, 5) is 11.5. The number of sulfone groups is 1. The number of aromatic nitrogens is 3. The first kappa shape index (κ1) is 12.5. The Labute approximate surface area is 103 Å². The molecule has 2 aromatic rings. The Bertz CT molecular complexity index is 705. The van der Waals surface area contributed by atoms with Gasteiger partial charge in [-0.1, -0.05) is 0 Å². The number of rotatable bonds is 3. The predicted molar refractivity (Wildman–Crippen MR) is 62.9 cm³/mol. The quantitative estimate of drug-likeness (QED) is 0.732. The molecule has 0 unspecified atom stereocenters. The monoisotopic (exact) mass is 269 g/mol. The van der Waals surface area contributed by atoms with E-state index >= 15 is 0 Å². The second-order valence-electron chi connectivity index (χ2n) is 3.79. The van der Waals surface area contributed by atoms with E-state index in [1.165, 1.54) is 11.5 Å². The van der Waals surface area contributed by atoms with Gasteiger partial charge >= 0.3 is 5.97 Å². The predicted octanol–water partition coefficient (Wildman–Crippen LogP) is 0.0605. The number of fused-ring (bicyclic) bond motifs is 1. The van der Waals surface area contributed by atoms with Gasteiger partial charge in [0.05, 0.1) is 7.11 Å². The molecule has 96 valence electrons. The molecule has 0 amide bonds. The van der Waals surface area contributed by atoms with Crippen LogP contribution in [-0.4, -0.2) is 42.4 Å². The van der Waals surface area contributed by atoms with Crippen molar-refractivity contribution >= 4 is 21.5 Å². The molecule has 0 aromatic carbocycles. The van der Waals surface area contributed by atoms with Crippen molar-refractivity contribution in [2.45, 2.75) is 5.75 Å². The van der Waals surface area contributed by atoms with E-state index in [2.05, 4.69) is 14.9 Å². The first-order valence-corrected chi connectivity index (χ1v) is 7.07. The van der Waals surface area contributed by atoms with Gasteiger partial charge in [0, 0.05) is 12.5 Å². The fourth-order valence-electron chi connectivity index (χ4n) is 1.57. The van der Waals surface area contributed by atoms with Crippen LogP contribution in [0, 0.1) is 0 Å². The second kappa shape index (κ2) is 4.37. The van der Waals surface area contributed by atoms with Gasteiger partial charge in [0.15, 0.2) is 21.3 Å². The summed E-state index contributed by atoms with van der Waals surface area (Å²) in [5, 5.41) is 7.60. The minimum Gasteiger partial charge on any atom is -0.465 e. The van der Waals surface area contributed by atoms with Gasteiger partial charge in [0.1, 0.15) is 11.3 Å². The Morgan fingerprint density at radius 1 is 1.44 bits per heavy atom. The Morgan fingerprint density at radius 3 is 2.78 bits per heavy atom. The van der Waals surface area contributed by atoms with Gasteiger partial charge in [-0.05, 0) is 12.1 Å². The lowest BCUT2D eigenvalue weighted by molar-refractivity contribution is 0.0602. The summed E-state index contributed by atoms with van der Waals surface area (Å²) in [5.41, 5.74) is 0.523. The first-order valence-electron chi connectivity index (χ1n) is 5.01. The Balaban J connectivity index is 2.59. The number of hydrogen-bond acceptors (Lipinski definition) is 6. The fraction of sp³-hybridized carbons (Fsp3) is 0.300. The number of nitrogens with zero attached hydrogens (tertiary/aromatic N) is 3. The minimum absolute atomic E-state index is 0.237. The summed E-state index contributed by atoms with van der Waals surface area (Å²) in [7, 11) is -1.95. The van der Waals surface area contributed by atoms with Gasteiger partial charge in [0.2, 0.25) is 0 Å². The lowest BCUT2D eigenvalue weighted by atomic mass is 10.3. The van der Waals surface area contributed by atoms with Gasteiger partial charge < -0.3 is 4.74 Å². The number of pyridine rings is 1. The SMILES string of the molecule is COC(=O)c1cccn2c(CS(C)(=O)=O)nnc12. The summed E-state index contributed by atoms with van der Waals surface area (Å²) >= 11 is 0. The number of methoxy groups -OCH3 is 1. The second-order valence-corrected chi connectivity index (χ2v) is 5.93. The lowest BCUT2D eigenvalue weighted by Crippen LogP contribution is -2.07. The smallest absolute Gasteiger partial charge is 0.341 e. The molecule has 0 saturated carbocycles. The molecular weight excluding hydrogens is 258 g/mol. The van der Waals surface area contributed by atoms with Crippen LogP contribution in [0.5, 0.6) is 0 Å². The van der Waals surface area contributed by atoms with Crippen LogP contribution in [-0.2, 0) is 20.3 Å². The van der Waals surface area contributed by atoms with Crippen LogP contribution < -0.4 is 0 Å². The first-order chi connectivity index (χ1) is 8.42. The van der Waals surface area contributed by atoms with E-state index in [4.69, 9.17) is 0 Å². The topological polar surface area (TPSA) is 90.6 Å². The van der Waals surface area contributed by atoms with Crippen molar-refractivity contribution in [1.82, 2.24) is 14.6 Å². The Hall–Kier alpha value is -1.96. The molecule has 0 radical (unpaired) electrons. The molecule has 0 aliphatic carbocycles. The highest BCUT2D eigenvalue weighted by atomic mass is 32.2. The Morgan fingerprint density at radius 2 is 2.17 bits per heavy atom. The summed E-state index contributed by atoms with van der Waals surface area (Å²) in [6.45, 7) is 0. The molecule has 0 fully saturated rings. The maximum absolute atomic E-state index is 11.5. The number of hydrogen-bond donors (Lipinski definition) is 0. The zero-order valence-electron chi connectivity index (χ0n) is 9.82. The van der Waals surface area contributed by atoms with Crippen molar-refractivity contribution in [3.8, 4) is 0 Å². The van der Waals surface area contributed by atoms with Gasteiger partial charge in [-0.15, -0.1) is 10.2 Å². The maximum atomic E-state index is 11.5. The van der Waals surface area contributed by atoms with Crippen molar-refractivity contribution in [3.05, 3.63) is 29.7 Å². The molecule has 8 heteroatoms. The third-order valence-corrected chi connectivity index (χ3v) is 3.08. The molecular formula is C10H11N3O4S. The van der Waals surface area contributed by atoms with Crippen molar-refractivity contribution in [2.75, 3.05) is 13.4 Å². The van der Waals surface area contributed by atoms with Crippen LogP contribution in [0.1, 0.15) is 16.2 Å². The molecule has 0 spiro atoms. The molecule has 2 rings (SSSR count). The van der Waals surface area contributed by atoms with E-state index in [1.54, 1.807) is 18.3 Å². The molecule has 0 N–H and O–H groups in total. The molecule has 0 aliphatic heterocycles. The normalized spacial score (nSPS) is 11.7. The number of ether oxygens (including phenoxy) is 1. The average Bonchev–Trinajstić information content (AvgIpc) is 2.69. The van der Waals surface area contributed by atoms with Crippen molar-refractivity contribution in [2.24, 2.45) is 0 Å². The summed E-state index contributed by atoms with van der Waals surface area (Å²) in [6, 6.07) is 3.15. The van der Waals surface area contributed by atoms with Gasteiger partial charge in [-0.2, -0.15) is 0 Å². The molecule has 0 saturated heterocycles. The third-order valence-electron chi connectivity index (χ3n) is 2.30. The minimum atomic E-state index is -3.22. The van der Waals surface area contributed by atoms with Gasteiger partial charge in [0.25, 0.3) is 0 Å². The summed E-state index contributed by atoms with van der Waals surface area (Å²) in [5.74, 6) is -0.518. The van der Waals surface area contributed by atoms with Crippen LogP contribution in [0.25, 0.3) is 5.65 Å². The molecule has 7 nitrogen and oxygen atoms in total. The van der Waals surface area contributed by atoms with E-state index in [9.17, 15) is 13.2 Å². The Kier molecular flexibility index (Phi) is 3.04. The fourth-order valence-corrected chi connectivity index (χ4v) is 2.23. The molecule has 0 atom stereocenters. The van der Waals surface area contributed by atoms with E-state index in [-0.39, 0.29) is 22.8 Å².